The lowest BCUT2D eigenvalue weighted by atomic mass is 9.85. The molecule has 0 saturated heterocycles. The average Bonchev–Trinajstić information content (AvgIpc) is 3.04. The van der Waals surface area contributed by atoms with Crippen molar-refractivity contribution in [3.63, 3.8) is 0 Å². The molecule has 2 rings (SSSR count). The lowest BCUT2D eigenvalue weighted by molar-refractivity contribution is -0.146. The fourth-order valence-corrected chi connectivity index (χ4v) is 3.07. The largest absolute Gasteiger partial charge is 0.467 e. The second-order valence-corrected chi connectivity index (χ2v) is 5.93. The van der Waals surface area contributed by atoms with E-state index in [4.69, 9.17) is 10.5 Å². The molecule has 0 aromatic heterocycles. The molecule has 5 nitrogen and oxygen atoms in total. The van der Waals surface area contributed by atoms with Crippen LogP contribution in [0.5, 0.6) is 0 Å². The molecule has 0 aliphatic heterocycles. The Labute approximate surface area is 143 Å². The first-order chi connectivity index (χ1) is 10.6. The van der Waals surface area contributed by atoms with Crippen molar-refractivity contribution in [2.24, 2.45) is 11.1 Å². The van der Waals surface area contributed by atoms with Crippen LogP contribution in [0.15, 0.2) is 30.3 Å². The first-order valence-electron chi connectivity index (χ1n) is 7.74. The number of carbonyl (C=O) groups excluding carboxylic acids is 2. The number of hydrogen-bond donors (Lipinski definition) is 2. The lowest BCUT2D eigenvalue weighted by Crippen LogP contribution is -2.51. The molecule has 0 heterocycles. The minimum absolute atomic E-state index is 0. The topological polar surface area (TPSA) is 81.4 Å². The molecule has 0 bridgehead atoms. The second kappa shape index (κ2) is 8.89. The molecule has 1 unspecified atom stereocenters. The summed E-state index contributed by atoms with van der Waals surface area (Å²) in [7, 11) is 1.33. The highest BCUT2D eigenvalue weighted by Gasteiger charge is 2.41. The van der Waals surface area contributed by atoms with Crippen LogP contribution in [0.25, 0.3) is 0 Å². The number of hydrogen-bond acceptors (Lipinski definition) is 4. The van der Waals surface area contributed by atoms with Crippen LogP contribution in [0, 0.1) is 5.41 Å². The molecule has 1 aliphatic rings. The number of ether oxygens (including phenoxy) is 1. The van der Waals surface area contributed by atoms with Crippen molar-refractivity contribution in [1.82, 2.24) is 5.32 Å². The molecule has 1 atom stereocenters. The molecule has 1 fully saturated rings. The van der Waals surface area contributed by atoms with Crippen LogP contribution >= 0.6 is 12.4 Å². The van der Waals surface area contributed by atoms with Gasteiger partial charge < -0.3 is 15.8 Å². The van der Waals surface area contributed by atoms with Gasteiger partial charge in [0, 0.05) is 13.0 Å². The van der Waals surface area contributed by atoms with Crippen molar-refractivity contribution in [3.05, 3.63) is 35.9 Å². The highest BCUT2D eigenvalue weighted by molar-refractivity contribution is 5.88. The van der Waals surface area contributed by atoms with Crippen LogP contribution in [-0.4, -0.2) is 31.6 Å². The molecule has 1 aromatic carbocycles. The van der Waals surface area contributed by atoms with Crippen LogP contribution in [0.2, 0.25) is 0 Å². The fourth-order valence-electron chi connectivity index (χ4n) is 3.07. The Hall–Kier alpha value is -1.59. The Morgan fingerprint density at radius 1 is 1.26 bits per heavy atom. The molecular weight excluding hydrogens is 316 g/mol. The van der Waals surface area contributed by atoms with Crippen LogP contribution < -0.4 is 11.1 Å². The van der Waals surface area contributed by atoms with Gasteiger partial charge in [-0.15, -0.1) is 12.4 Å². The van der Waals surface area contributed by atoms with Crippen molar-refractivity contribution in [2.75, 3.05) is 13.7 Å². The van der Waals surface area contributed by atoms with Gasteiger partial charge in [0.25, 0.3) is 0 Å². The predicted molar refractivity (Wildman–Crippen MR) is 91.3 cm³/mol. The lowest BCUT2D eigenvalue weighted by Gasteiger charge is -2.28. The van der Waals surface area contributed by atoms with E-state index in [0.29, 0.717) is 13.0 Å². The third-order valence-corrected chi connectivity index (χ3v) is 4.51. The molecule has 1 aliphatic carbocycles. The average molecular weight is 341 g/mol. The number of nitrogens with two attached hydrogens (primary N) is 1. The second-order valence-electron chi connectivity index (χ2n) is 5.93. The van der Waals surface area contributed by atoms with Gasteiger partial charge >= 0.3 is 5.97 Å². The minimum Gasteiger partial charge on any atom is -0.467 e. The SMILES string of the molecule is COC(=O)C(Cc1ccccc1)NC(=O)C1(CN)CCCC1.Cl. The Balaban J connectivity index is 0.00000264. The summed E-state index contributed by atoms with van der Waals surface area (Å²) in [5.74, 6) is -0.554. The first kappa shape index (κ1) is 19.5. The molecule has 3 N–H and O–H groups in total. The Bertz CT molecular complexity index is 516. The zero-order valence-electron chi connectivity index (χ0n) is 13.4. The summed E-state index contributed by atoms with van der Waals surface area (Å²) < 4.78 is 4.83. The quantitative estimate of drug-likeness (QED) is 0.774. The predicted octanol–water partition coefficient (Wildman–Crippen LogP) is 1.83. The number of methoxy groups -OCH3 is 1. The highest BCUT2D eigenvalue weighted by atomic mass is 35.5. The van der Waals surface area contributed by atoms with Gasteiger partial charge in [0.1, 0.15) is 6.04 Å². The summed E-state index contributed by atoms with van der Waals surface area (Å²) >= 11 is 0. The summed E-state index contributed by atoms with van der Waals surface area (Å²) in [6.07, 6.45) is 4.00. The van der Waals surface area contributed by atoms with Gasteiger partial charge in [0.2, 0.25) is 5.91 Å². The van der Waals surface area contributed by atoms with E-state index in [-0.39, 0.29) is 18.3 Å². The summed E-state index contributed by atoms with van der Waals surface area (Å²) in [5, 5.41) is 2.86. The van der Waals surface area contributed by atoms with Crippen LogP contribution in [-0.2, 0) is 20.7 Å². The van der Waals surface area contributed by atoms with Gasteiger partial charge in [-0.3, -0.25) is 4.79 Å². The number of esters is 1. The van der Waals surface area contributed by atoms with Crippen LogP contribution in [0.1, 0.15) is 31.2 Å². The molecule has 1 amide bonds. The van der Waals surface area contributed by atoms with Gasteiger partial charge in [-0.25, -0.2) is 4.79 Å². The number of amides is 1. The van der Waals surface area contributed by atoms with Crippen molar-refractivity contribution < 1.29 is 14.3 Å². The first-order valence-corrected chi connectivity index (χ1v) is 7.74. The molecular formula is C17H25ClN2O3. The maximum absolute atomic E-state index is 12.6. The fraction of sp³-hybridized carbons (Fsp3) is 0.529. The summed E-state index contributed by atoms with van der Waals surface area (Å²) in [4.78, 5) is 24.6. The molecule has 128 valence electrons. The maximum atomic E-state index is 12.6. The van der Waals surface area contributed by atoms with E-state index < -0.39 is 17.4 Å². The van der Waals surface area contributed by atoms with E-state index in [1.54, 1.807) is 0 Å². The molecule has 1 saturated carbocycles. The maximum Gasteiger partial charge on any atom is 0.328 e. The third-order valence-electron chi connectivity index (χ3n) is 4.51. The number of benzene rings is 1. The Kier molecular flexibility index (Phi) is 7.52. The summed E-state index contributed by atoms with van der Waals surface area (Å²) in [6.45, 7) is 0.318. The smallest absolute Gasteiger partial charge is 0.328 e. The standard InChI is InChI=1S/C17H24N2O3.ClH/c1-22-15(20)14(11-13-7-3-2-4-8-13)19-16(21)17(12-18)9-5-6-10-17;/h2-4,7-8,14H,5-6,9-12,18H2,1H3,(H,19,21);1H. The van der Waals surface area contributed by atoms with E-state index in [0.717, 1.165) is 31.2 Å². The number of rotatable bonds is 6. The van der Waals surface area contributed by atoms with E-state index in [1.165, 1.54) is 7.11 Å². The monoisotopic (exact) mass is 340 g/mol. The molecule has 23 heavy (non-hydrogen) atoms. The number of carbonyl (C=O) groups is 2. The normalized spacial score (nSPS) is 17.0. The third kappa shape index (κ3) is 4.69. The van der Waals surface area contributed by atoms with Gasteiger partial charge in [-0.2, -0.15) is 0 Å². The zero-order valence-corrected chi connectivity index (χ0v) is 14.2. The van der Waals surface area contributed by atoms with E-state index in [2.05, 4.69) is 5.32 Å². The molecule has 0 radical (unpaired) electrons. The Morgan fingerprint density at radius 2 is 1.87 bits per heavy atom. The van der Waals surface area contributed by atoms with Gasteiger partial charge in [-0.05, 0) is 18.4 Å². The van der Waals surface area contributed by atoms with Crippen molar-refractivity contribution >= 4 is 24.3 Å². The number of nitrogens with one attached hydrogen (secondary N) is 1. The number of halogens is 1. The van der Waals surface area contributed by atoms with Crippen LogP contribution in [0.3, 0.4) is 0 Å². The van der Waals surface area contributed by atoms with Gasteiger partial charge in [0.15, 0.2) is 0 Å². The van der Waals surface area contributed by atoms with Gasteiger partial charge in [0.05, 0.1) is 12.5 Å². The molecule has 1 aromatic rings. The van der Waals surface area contributed by atoms with E-state index >= 15 is 0 Å². The highest BCUT2D eigenvalue weighted by Crippen LogP contribution is 2.37. The summed E-state index contributed by atoms with van der Waals surface area (Å²) in [5.41, 5.74) is 6.28. The zero-order chi connectivity index (χ0) is 16.0. The van der Waals surface area contributed by atoms with Gasteiger partial charge in [-0.1, -0.05) is 43.2 Å². The van der Waals surface area contributed by atoms with Crippen molar-refractivity contribution in [1.29, 1.82) is 0 Å². The minimum atomic E-state index is -0.677. The Morgan fingerprint density at radius 3 is 2.39 bits per heavy atom. The summed E-state index contributed by atoms with van der Waals surface area (Å²) in [6, 6.07) is 8.90. The van der Waals surface area contributed by atoms with Crippen molar-refractivity contribution in [3.8, 4) is 0 Å². The molecule has 6 heteroatoms. The van der Waals surface area contributed by atoms with Crippen molar-refractivity contribution in [2.45, 2.75) is 38.1 Å². The van der Waals surface area contributed by atoms with Crippen LogP contribution in [0.4, 0.5) is 0 Å². The van der Waals surface area contributed by atoms with E-state index in [1.807, 2.05) is 30.3 Å². The van der Waals surface area contributed by atoms with E-state index in [9.17, 15) is 9.59 Å². The molecule has 0 spiro atoms.